The van der Waals surface area contributed by atoms with Gasteiger partial charge in [0.05, 0.1) is 5.75 Å². The summed E-state index contributed by atoms with van der Waals surface area (Å²) in [4.78, 5) is 30.1. The van der Waals surface area contributed by atoms with Gasteiger partial charge in [-0.05, 0) is 49.5 Å². The molecule has 0 unspecified atom stereocenters. The first-order valence-electron chi connectivity index (χ1n) is 9.77. The fraction of sp³-hybridized carbons (Fsp3) is 0.217. The summed E-state index contributed by atoms with van der Waals surface area (Å²) in [6, 6.07) is 13.9. The van der Waals surface area contributed by atoms with Crippen molar-refractivity contribution in [1.82, 2.24) is 13.9 Å². The molecule has 8 heteroatoms. The number of nitrogens with one attached hydrogen (secondary N) is 1. The molecule has 0 aliphatic rings. The minimum Gasteiger partial charge on any atom is -0.325 e. The third-order valence-corrected chi connectivity index (χ3v) is 6.84. The van der Waals surface area contributed by atoms with Crippen molar-refractivity contribution >= 4 is 45.1 Å². The monoisotopic (exact) mass is 450 g/mol. The molecular formula is C23H22N4O2S2. The van der Waals surface area contributed by atoms with Crippen LogP contribution in [0, 0.1) is 20.8 Å². The second kappa shape index (κ2) is 8.64. The molecule has 1 amide bonds. The molecule has 0 aliphatic carbocycles. The van der Waals surface area contributed by atoms with Gasteiger partial charge in [-0.2, -0.15) is 4.37 Å². The molecule has 0 saturated heterocycles. The highest BCUT2D eigenvalue weighted by atomic mass is 32.2. The molecule has 0 saturated carbocycles. The number of anilines is 1. The molecule has 31 heavy (non-hydrogen) atoms. The van der Waals surface area contributed by atoms with Crippen molar-refractivity contribution in [3.8, 4) is 11.3 Å². The topological polar surface area (TPSA) is 76.9 Å². The van der Waals surface area contributed by atoms with Crippen molar-refractivity contribution in [3.05, 3.63) is 69.5 Å². The number of fused-ring (bicyclic) bond motifs is 1. The van der Waals surface area contributed by atoms with Crippen LogP contribution < -0.4 is 10.9 Å². The standard InChI is InChI=1S/C23H22N4O2S2/c1-13-6-9-16(10-7-13)19-20-21(31-26-19)22(29)27(4)23(25-20)30-12-18(28)24-17-11-14(2)5-8-15(17)3/h5-11H,12H2,1-4H3,(H,24,28). The average molecular weight is 451 g/mol. The Labute approximate surface area is 188 Å². The Morgan fingerprint density at radius 1 is 1.10 bits per heavy atom. The zero-order valence-electron chi connectivity index (χ0n) is 17.7. The molecule has 2 heterocycles. The van der Waals surface area contributed by atoms with Crippen molar-refractivity contribution in [3.63, 3.8) is 0 Å². The largest absolute Gasteiger partial charge is 0.325 e. The van der Waals surface area contributed by atoms with Gasteiger partial charge in [0.1, 0.15) is 15.9 Å². The summed E-state index contributed by atoms with van der Waals surface area (Å²) < 4.78 is 6.48. The van der Waals surface area contributed by atoms with E-state index >= 15 is 0 Å². The number of aromatic nitrogens is 3. The molecule has 4 rings (SSSR count). The van der Waals surface area contributed by atoms with Crippen molar-refractivity contribution in [1.29, 1.82) is 0 Å². The summed E-state index contributed by atoms with van der Waals surface area (Å²) in [7, 11) is 1.67. The van der Waals surface area contributed by atoms with Gasteiger partial charge in [-0.1, -0.05) is 53.7 Å². The number of rotatable bonds is 5. The Kier molecular flexibility index (Phi) is 5.93. The van der Waals surface area contributed by atoms with E-state index in [2.05, 4.69) is 9.69 Å². The first-order valence-corrected chi connectivity index (χ1v) is 11.5. The van der Waals surface area contributed by atoms with Gasteiger partial charge in [0.15, 0.2) is 5.16 Å². The maximum absolute atomic E-state index is 12.8. The number of nitrogens with zero attached hydrogens (tertiary/aromatic N) is 3. The lowest BCUT2D eigenvalue weighted by Gasteiger charge is -2.10. The van der Waals surface area contributed by atoms with Crippen LogP contribution in [0.25, 0.3) is 21.5 Å². The number of aryl methyl sites for hydroxylation is 3. The second-order valence-corrected chi connectivity index (χ2v) is 9.20. The minimum absolute atomic E-state index is 0.143. The highest BCUT2D eigenvalue weighted by molar-refractivity contribution is 7.99. The highest BCUT2D eigenvalue weighted by Crippen LogP contribution is 2.29. The van der Waals surface area contributed by atoms with Crippen molar-refractivity contribution in [2.75, 3.05) is 11.1 Å². The molecule has 0 fully saturated rings. The first kappa shape index (κ1) is 21.3. The molecule has 0 spiro atoms. The van der Waals surface area contributed by atoms with Crippen LogP contribution in [0.4, 0.5) is 5.69 Å². The average Bonchev–Trinajstić information content (AvgIpc) is 3.17. The maximum Gasteiger partial charge on any atom is 0.273 e. The van der Waals surface area contributed by atoms with Crippen LogP contribution in [0.15, 0.2) is 52.4 Å². The van der Waals surface area contributed by atoms with E-state index in [-0.39, 0.29) is 17.2 Å². The summed E-state index contributed by atoms with van der Waals surface area (Å²) in [5.41, 5.74) is 6.07. The molecule has 2 aromatic carbocycles. The zero-order chi connectivity index (χ0) is 22.1. The number of carbonyl (C=O) groups excluding carboxylic acids is 1. The smallest absolute Gasteiger partial charge is 0.273 e. The van der Waals surface area contributed by atoms with Gasteiger partial charge in [-0.3, -0.25) is 14.2 Å². The number of benzene rings is 2. The molecule has 0 atom stereocenters. The lowest BCUT2D eigenvalue weighted by atomic mass is 10.1. The van der Waals surface area contributed by atoms with Crippen molar-refractivity contribution in [2.24, 2.45) is 7.05 Å². The number of hydrogen-bond acceptors (Lipinski definition) is 6. The van der Waals surface area contributed by atoms with Crippen LogP contribution in [-0.2, 0) is 11.8 Å². The number of thioether (sulfide) groups is 1. The Morgan fingerprint density at radius 3 is 2.55 bits per heavy atom. The summed E-state index contributed by atoms with van der Waals surface area (Å²) in [5, 5.41) is 3.43. The highest BCUT2D eigenvalue weighted by Gasteiger charge is 2.17. The molecule has 2 aromatic heterocycles. The predicted molar refractivity (Wildman–Crippen MR) is 128 cm³/mol. The van der Waals surface area contributed by atoms with Gasteiger partial charge in [0, 0.05) is 18.3 Å². The summed E-state index contributed by atoms with van der Waals surface area (Å²) in [6.07, 6.45) is 0. The summed E-state index contributed by atoms with van der Waals surface area (Å²) >= 11 is 2.40. The second-order valence-electron chi connectivity index (χ2n) is 7.49. The van der Waals surface area contributed by atoms with E-state index in [1.54, 1.807) is 7.05 Å². The van der Waals surface area contributed by atoms with Crippen LogP contribution in [-0.4, -0.2) is 25.6 Å². The Balaban J connectivity index is 1.60. The van der Waals surface area contributed by atoms with Gasteiger partial charge in [0.25, 0.3) is 5.56 Å². The number of carbonyl (C=O) groups is 1. The fourth-order valence-electron chi connectivity index (χ4n) is 3.16. The molecule has 0 aliphatic heterocycles. The number of amides is 1. The zero-order valence-corrected chi connectivity index (χ0v) is 19.4. The molecule has 158 valence electrons. The SMILES string of the molecule is Cc1ccc(-c2nsc3c(=O)n(C)c(SCC(=O)Nc4cc(C)ccc4C)nc23)cc1. The van der Waals surface area contributed by atoms with E-state index in [4.69, 9.17) is 4.98 Å². The van der Waals surface area contributed by atoms with Crippen LogP contribution in [0.1, 0.15) is 16.7 Å². The molecule has 0 bridgehead atoms. The van der Waals surface area contributed by atoms with Crippen molar-refractivity contribution in [2.45, 2.75) is 25.9 Å². The van der Waals surface area contributed by atoms with Gasteiger partial charge in [-0.25, -0.2) is 4.98 Å². The molecule has 0 radical (unpaired) electrons. The molecule has 6 nitrogen and oxygen atoms in total. The normalized spacial score (nSPS) is 11.1. The van der Waals surface area contributed by atoms with Gasteiger partial charge >= 0.3 is 0 Å². The third-order valence-electron chi connectivity index (χ3n) is 4.99. The first-order chi connectivity index (χ1) is 14.8. The van der Waals surface area contributed by atoms with Gasteiger partial charge < -0.3 is 5.32 Å². The molecule has 4 aromatic rings. The summed E-state index contributed by atoms with van der Waals surface area (Å²) in [6.45, 7) is 5.96. The quantitative estimate of drug-likeness (QED) is 0.352. The predicted octanol–water partition coefficient (Wildman–Crippen LogP) is 4.71. The molecular weight excluding hydrogens is 428 g/mol. The van der Waals surface area contributed by atoms with Gasteiger partial charge in [0.2, 0.25) is 5.91 Å². The minimum atomic E-state index is -0.154. The van der Waals surface area contributed by atoms with E-state index in [9.17, 15) is 9.59 Å². The lowest BCUT2D eigenvalue weighted by molar-refractivity contribution is -0.113. The van der Waals surface area contributed by atoms with E-state index in [1.807, 2.05) is 63.2 Å². The van der Waals surface area contributed by atoms with Crippen molar-refractivity contribution < 1.29 is 4.79 Å². The van der Waals surface area contributed by atoms with E-state index in [0.29, 0.717) is 21.1 Å². The lowest BCUT2D eigenvalue weighted by Crippen LogP contribution is -2.21. The Hall–Kier alpha value is -2.97. The van der Waals surface area contributed by atoms with E-state index < -0.39 is 0 Å². The van der Waals surface area contributed by atoms with Crippen LogP contribution in [0.2, 0.25) is 0 Å². The van der Waals surface area contributed by atoms with Crippen LogP contribution >= 0.6 is 23.3 Å². The Morgan fingerprint density at radius 2 is 1.81 bits per heavy atom. The Bertz CT molecular complexity index is 1340. The van der Waals surface area contributed by atoms with Gasteiger partial charge in [-0.15, -0.1) is 0 Å². The van der Waals surface area contributed by atoms with E-state index in [0.717, 1.165) is 39.5 Å². The third kappa shape index (κ3) is 4.40. The molecule has 1 N–H and O–H groups in total. The maximum atomic E-state index is 12.8. The van der Waals surface area contributed by atoms with E-state index in [1.165, 1.54) is 16.3 Å². The number of hydrogen-bond donors (Lipinski definition) is 1. The summed E-state index contributed by atoms with van der Waals surface area (Å²) in [5.74, 6) is 0.00611. The van der Waals surface area contributed by atoms with Crippen LogP contribution in [0.5, 0.6) is 0 Å². The fourth-order valence-corrected chi connectivity index (χ4v) is 4.74. The van der Waals surface area contributed by atoms with Crippen LogP contribution in [0.3, 0.4) is 0 Å².